The number of hydrogen-bond acceptors (Lipinski definition) is 4. The molecular weight excluding hydrogens is 222 g/mol. The zero-order valence-corrected chi connectivity index (χ0v) is 10.4. The van der Waals surface area contributed by atoms with Crippen LogP contribution in [0.1, 0.15) is 26.2 Å². The number of carbonyl (C=O) groups excluding carboxylic acids is 1. The van der Waals surface area contributed by atoms with Crippen LogP contribution in [-0.2, 0) is 19.0 Å². The third-order valence-electron chi connectivity index (χ3n) is 3.16. The van der Waals surface area contributed by atoms with Crippen LogP contribution in [0.2, 0.25) is 0 Å². The summed E-state index contributed by atoms with van der Waals surface area (Å²) < 4.78 is 16.3. The first-order chi connectivity index (χ1) is 8.27. The Kier molecular flexibility index (Phi) is 4.76. The lowest BCUT2D eigenvalue weighted by Gasteiger charge is -2.31. The molecule has 0 aliphatic carbocycles. The summed E-state index contributed by atoms with van der Waals surface area (Å²) >= 11 is 0. The van der Waals surface area contributed by atoms with Crippen molar-refractivity contribution in [3.63, 3.8) is 0 Å². The van der Waals surface area contributed by atoms with Crippen LogP contribution >= 0.6 is 0 Å². The molecule has 0 N–H and O–H groups in total. The van der Waals surface area contributed by atoms with Gasteiger partial charge in [0, 0.05) is 19.7 Å². The Hall–Kier alpha value is -0.650. The van der Waals surface area contributed by atoms with E-state index in [0.29, 0.717) is 26.3 Å². The van der Waals surface area contributed by atoms with E-state index in [9.17, 15) is 4.79 Å². The number of ether oxygens (including phenoxy) is 3. The standard InChI is InChI=1S/C12H21NO4/c1-10(17-11-4-2-3-7-16-11)12(14)13-5-8-15-9-6-13/h10-11H,2-9H2,1H3/t10?,11-/m1/s1. The minimum absolute atomic E-state index is 0.0440. The highest BCUT2D eigenvalue weighted by Crippen LogP contribution is 2.16. The first-order valence-corrected chi connectivity index (χ1v) is 6.41. The third-order valence-corrected chi connectivity index (χ3v) is 3.16. The van der Waals surface area contributed by atoms with Gasteiger partial charge in [-0.1, -0.05) is 0 Å². The van der Waals surface area contributed by atoms with E-state index >= 15 is 0 Å². The summed E-state index contributed by atoms with van der Waals surface area (Å²) in [5, 5.41) is 0. The van der Waals surface area contributed by atoms with Gasteiger partial charge in [-0.25, -0.2) is 0 Å². The molecule has 0 spiro atoms. The molecule has 2 rings (SSSR count). The zero-order chi connectivity index (χ0) is 12.1. The van der Waals surface area contributed by atoms with Gasteiger partial charge in [0.1, 0.15) is 6.10 Å². The molecule has 2 heterocycles. The van der Waals surface area contributed by atoms with Gasteiger partial charge in [0.25, 0.3) is 5.91 Å². The number of nitrogens with zero attached hydrogens (tertiary/aromatic N) is 1. The molecular formula is C12H21NO4. The van der Waals surface area contributed by atoms with Gasteiger partial charge < -0.3 is 19.1 Å². The van der Waals surface area contributed by atoms with E-state index in [4.69, 9.17) is 14.2 Å². The molecule has 0 aromatic heterocycles. The van der Waals surface area contributed by atoms with Crippen molar-refractivity contribution in [2.75, 3.05) is 32.9 Å². The van der Waals surface area contributed by atoms with Gasteiger partial charge in [-0.2, -0.15) is 0 Å². The maximum atomic E-state index is 12.1. The Morgan fingerprint density at radius 2 is 2.06 bits per heavy atom. The van der Waals surface area contributed by atoms with Crippen LogP contribution in [0.5, 0.6) is 0 Å². The molecule has 5 heteroatoms. The van der Waals surface area contributed by atoms with Gasteiger partial charge in [0.15, 0.2) is 6.29 Å². The van der Waals surface area contributed by atoms with Crippen molar-refractivity contribution in [2.24, 2.45) is 0 Å². The third kappa shape index (κ3) is 3.66. The molecule has 0 bridgehead atoms. The van der Waals surface area contributed by atoms with Crippen LogP contribution in [0.3, 0.4) is 0 Å². The first kappa shape index (κ1) is 12.8. The predicted molar refractivity (Wildman–Crippen MR) is 61.5 cm³/mol. The summed E-state index contributed by atoms with van der Waals surface area (Å²) in [4.78, 5) is 13.9. The molecule has 2 saturated heterocycles. The van der Waals surface area contributed by atoms with Crippen LogP contribution in [0.15, 0.2) is 0 Å². The van der Waals surface area contributed by atoms with Crippen LogP contribution in [0, 0.1) is 0 Å². The summed E-state index contributed by atoms with van der Waals surface area (Å²) in [7, 11) is 0. The van der Waals surface area contributed by atoms with E-state index in [-0.39, 0.29) is 12.2 Å². The number of carbonyl (C=O) groups is 1. The maximum absolute atomic E-state index is 12.1. The minimum atomic E-state index is -0.420. The summed E-state index contributed by atoms with van der Waals surface area (Å²) in [6, 6.07) is 0. The zero-order valence-electron chi connectivity index (χ0n) is 10.4. The van der Waals surface area contributed by atoms with E-state index in [1.54, 1.807) is 11.8 Å². The summed E-state index contributed by atoms with van der Waals surface area (Å²) in [6.45, 7) is 5.12. The monoisotopic (exact) mass is 243 g/mol. The van der Waals surface area contributed by atoms with Crippen molar-refractivity contribution in [3.8, 4) is 0 Å². The molecule has 0 radical (unpaired) electrons. The van der Waals surface area contributed by atoms with Gasteiger partial charge in [-0.3, -0.25) is 4.79 Å². The smallest absolute Gasteiger partial charge is 0.251 e. The second kappa shape index (κ2) is 6.33. The fourth-order valence-corrected chi connectivity index (χ4v) is 2.15. The molecule has 0 aromatic rings. The normalized spacial score (nSPS) is 27.8. The highest BCUT2D eigenvalue weighted by Gasteiger charge is 2.26. The lowest BCUT2D eigenvalue weighted by molar-refractivity contribution is -0.195. The molecule has 1 unspecified atom stereocenters. The lowest BCUT2D eigenvalue weighted by atomic mass is 10.2. The van der Waals surface area contributed by atoms with E-state index in [0.717, 1.165) is 25.9 Å². The van der Waals surface area contributed by atoms with Gasteiger partial charge in [-0.05, 0) is 26.2 Å². The van der Waals surface area contributed by atoms with Gasteiger partial charge in [0.2, 0.25) is 0 Å². The summed E-state index contributed by atoms with van der Waals surface area (Å²) in [5.41, 5.74) is 0. The molecule has 5 nitrogen and oxygen atoms in total. The van der Waals surface area contributed by atoms with Crippen molar-refractivity contribution < 1.29 is 19.0 Å². The molecule has 0 aromatic carbocycles. The average Bonchev–Trinajstić information content (AvgIpc) is 2.40. The van der Waals surface area contributed by atoms with Crippen LogP contribution in [0.4, 0.5) is 0 Å². The first-order valence-electron chi connectivity index (χ1n) is 6.41. The molecule has 98 valence electrons. The van der Waals surface area contributed by atoms with Crippen molar-refractivity contribution in [3.05, 3.63) is 0 Å². The maximum Gasteiger partial charge on any atom is 0.251 e. The van der Waals surface area contributed by atoms with Crippen LogP contribution in [0.25, 0.3) is 0 Å². The molecule has 1 amide bonds. The van der Waals surface area contributed by atoms with Gasteiger partial charge >= 0.3 is 0 Å². The average molecular weight is 243 g/mol. The Balaban J connectivity index is 1.77. The fraction of sp³-hybridized carbons (Fsp3) is 0.917. The van der Waals surface area contributed by atoms with E-state index < -0.39 is 6.10 Å². The summed E-state index contributed by atoms with van der Waals surface area (Å²) in [6.07, 6.45) is 2.47. The Bertz CT molecular complexity index is 247. The number of rotatable bonds is 3. The highest BCUT2D eigenvalue weighted by atomic mass is 16.7. The molecule has 2 fully saturated rings. The molecule has 2 aliphatic rings. The van der Waals surface area contributed by atoms with E-state index in [1.807, 2.05) is 0 Å². The Morgan fingerprint density at radius 3 is 2.71 bits per heavy atom. The van der Waals surface area contributed by atoms with Gasteiger partial charge in [0.05, 0.1) is 13.2 Å². The molecule has 17 heavy (non-hydrogen) atoms. The topological polar surface area (TPSA) is 48.0 Å². The lowest BCUT2D eigenvalue weighted by Crippen LogP contribution is -2.46. The largest absolute Gasteiger partial charge is 0.378 e. The molecule has 2 aliphatic heterocycles. The van der Waals surface area contributed by atoms with E-state index in [2.05, 4.69) is 0 Å². The van der Waals surface area contributed by atoms with E-state index in [1.165, 1.54) is 0 Å². The van der Waals surface area contributed by atoms with Crippen LogP contribution < -0.4 is 0 Å². The number of hydrogen-bond donors (Lipinski definition) is 0. The molecule has 0 saturated carbocycles. The Labute approximate surface area is 102 Å². The minimum Gasteiger partial charge on any atom is -0.378 e. The number of amides is 1. The SMILES string of the molecule is CC(O[C@@H]1CCCCO1)C(=O)N1CCOCC1. The predicted octanol–water partition coefficient (Wildman–Crippen LogP) is 0.777. The second-order valence-electron chi connectivity index (χ2n) is 4.51. The van der Waals surface area contributed by atoms with Crippen molar-refractivity contribution >= 4 is 5.91 Å². The quantitative estimate of drug-likeness (QED) is 0.735. The van der Waals surface area contributed by atoms with Gasteiger partial charge in [-0.15, -0.1) is 0 Å². The van der Waals surface area contributed by atoms with Crippen molar-refractivity contribution in [1.82, 2.24) is 4.90 Å². The Morgan fingerprint density at radius 1 is 1.29 bits per heavy atom. The van der Waals surface area contributed by atoms with Crippen molar-refractivity contribution in [1.29, 1.82) is 0 Å². The number of morpholine rings is 1. The molecule has 2 atom stereocenters. The highest BCUT2D eigenvalue weighted by molar-refractivity contribution is 5.80. The second-order valence-corrected chi connectivity index (χ2v) is 4.51. The summed E-state index contributed by atoms with van der Waals surface area (Å²) in [5.74, 6) is 0.0440. The van der Waals surface area contributed by atoms with Crippen LogP contribution in [-0.4, -0.2) is 56.1 Å². The fourth-order valence-electron chi connectivity index (χ4n) is 2.15. The van der Waals surface area contributed by atoms with Crippen molar-refractivity contribution in [2.45, 2.75) is 38.6 Å².